The Labute approximate surface area is 78.4 Å². The van der Waals surface area contributed by atoms with Gasteiger partial charge in [0.05, 0.1) is 0 Å². The number of nitrogens with two attached hydrogens (primary N) is 1. The van der Waals surface area contributed by atoms with Crippen molar-refractivity contribution in [3.05, 3.63) is 21.4 Å². The van der Waals surface area contributed by atoms with Crippen LogP contribution in [0.1, 0.15) is 21.4 Å². The summed E-state index contributed by atoms with van der Waals surface area (Å²) in [6.45, 7) is 3.42. The highest BCUT2D eigenvalue weighted by molar-refractivity contribution is 7.12. The van der Waals surface area contributed by atoms with Crippen LogP contribution in [0.15, 0.2) is 6.07 Å². The van der Waals surface area contributed by atoms with Crippen molar-refractivity contribution in [1.29, 1.82) is 0 Å². The molecule has 0 saturated carbocycles. The first kappa shape index (κ1) is 10.5. The highest BCUT2D eigenvalue weighted by Gasteiger charge is 2.39. The first-order valence-electron chi connectivity index (χ1n) is 3.71. The van der Waals surface area contributed by atoms with E-state index in [1.54, 1.807) is 13.8 Å². The molecule has 0 saturated heterocycles. The molecule has 74 valence electrons. The molecule has 0 unspecified atom stereocenters. The summed E-state index contributed by atoms with van der Waals surface area (Å²) in [6.07, 6.45) is -4.35. The third-order valence-corrected chi connectivity index (χ3v) is 2.75. The Bertz CT molecular complexity index is 303. The fourth-order valence-electron chi connectivity index (χ4n) is 1.14. The fraction of sp³-hybridized carbons (Fsp3) is 0.500. The number of halogens is 3. The van der Waals surface area contributed by atoms with E-state index in [2.05, 4.69) is 0 Å². The van der Waals surface area contributed by atoms with Gasteiger partial charge in [0.15, 0.2) is 0 Å². The molecule has 0 bridgehead atoms. The van der Waals surface area contributed by atoms with Gasteiger partial charge in [0.2, 0.25) is 0 Å². The minimum Gasteiger partial charge on any atom is -0.316 e. The van der Waals surface area contributed by atoms with Gasteiger partial charge < -0.3 is 5.73 Å². The highest BCUT2D eigenvalue weighted by atomic mass is 32.1. The van der Waals surface area contributed by atoms with E-state index in [-0.39, 0.29) is 5.56 Å². The van der Waals surface area contributed by atoms with Crippen molar-refractivity contribution in [2.75, 3.05) is 0 Å². The average molecular weight is 209 g/mol. The standard InChI is InChI=1S/C8H10F3NS/c1-4-3-6(5(2)13-4)7(12)8(9,10)11/h3,7H,12H2,1-2H3/t7-/m1/s1. The van der Waals surface area contributed by atoms with Crippen molar-refractivity contribution < 1.29 is 13.2 Å². The molecular weight excluding hydrogens is 199 g/mol. The Morgan fingerprint density at radius 3 is 2.23 bits per heavy atom. The van der Waals surface area contributed by atoms with E-state index in [1.807, 2.05) is 0 Å². The molecule has 1 heterocycles. The third kappa shape index (κ3) is 2.22. The second-order valence-corrected chi connectivity index (χ2v) is 4.35. The molecule has 1 aromatic heterocycles. The highest BCUT2D eigenvalue weighted by Crippen LogP contribution is 2.35. The summed E-state index contributed by atoms with van der Waals surface area (Å²) < 4.78 is 36.6. The Hall–Kier alpha value is -0.550. The van der Waals surface area contributed by atoms with Gasteiger partial charge in [-0.3, -0.25) is 0 Å². The van der Waals surface area contributed by atoms with E-state index >= 15 is 0 Å². The van der Waals surface area contributed by atoms with Crippen molar-refractivity contribution in [2.24, 2.45) is 5.73 Å². The van der Waals surface area contributed by atoms with Crippen LogP contribution < -0.4 is 5.73 Å². The monoisotopic (exact) mass is 209 g/mol. The number of thiophene rings is 1. The summed E-state index contributed by atoms with van der Waals surface area (Å²) in [4.78, 5) is 1.49. The van der Waals surface area contributed by atoms with Gasteiger partial charge in [-0.05, 0) is 25.5 Å². The smallest absolute Gasteiger partial charge is 0.316 e. The van der Waals surface area contributed by atoms with Gasteiger partial charge in [0, 0.05) is 9.75 Å². The van der Waals surface area contributed by atoms with Gasteiger partial charge in [0.25, 0.3) is 0 Å². The lowest BCUT2D eigenvalue weighted by molar-refractivity contribution is -0.149. The van der Waals surface area contributed by atoms with E-state index in [9.17, 15) is 13.2 Å². The molecule has 13 heavy (non-hydrogen) atoms. The number of aryl methyl sites for hydroxylation is 2. The van der Waals surface area contributed by atoms with Gasteiger partial charge in [-0.1, -0.05) is 0 Å². The maximum Gasteiger partial charge on any atom is 0.407 e. The van der Waals surface area contributed by atoms with E-state index in [0.29, 0.717) is 4.88 Å². The van der Waals surface area contributed by atoms with E-state index in [0.717, 1.165) is 4.88 Å². The van der Waals surface area contributed by atoms with Gasteiger partial charge in [0.1, 0.15) is 6.04 Å². The maximum atomic E-state index is 12.2. The molecule has 2 N–H and O–H groups in total. The van der Waals surface area contributed by atoms with E-state index in [4.69, 9.17) is 5.73 Å². The maximum absolute atomic E-state index is 12.2. The summed E-state index contributed by atoms with van der Waals surface area (Å²) >= 11 is 1.33. The zero-order chi connectivity index (χ0) is 10.2. The van der Waals surface area contributed by atoms with Crippen LogP contribution in [0.4, 0.5) is 13.2 Å². The molecule has 1 atom stereocenters. The minimum absolute atomic E-state index is 0.190. The van der Waals surface area contributed by atoms with Crippen LogP contribution in [-0.4, -0.2) is 6.18 Å². The Kier molecular flexibility index (Phi) is 2.68. The normalized spacial score (nSPS) is 14.6. The van der Waals surface area contributed by atoms with Crippen molar-refractivity contribution in [3.8, 4) is 0 Å². The van der Waals surface area contributed by atoms with Crippen molar-refractivity contribution in [3.63, 3.8) is 0 Å². The minimum atomic E-state index is -4.35. The molecule has 0 fully saturated rings. The van der Waals surface area contributed by atoms with Crippen LogP contribution >= 0.6 is 11.3 Å². The average Bonchev–Trinajstić information content (AvgIpc) is 2.26. The third-order valence-electron chi connectivity index (χ3n) is 1.77. The second-order valence-electron chi connectivity index (χ2n) is 2.89. The number of rotatable bonds is 1. The number of alkyl halides is 3. The van der Waals surface area contributed by atoms with E-state index in [1.165, 1.54) is 17.4 Å². The first-order chi connectivity index (χ1) is 5.82. The van der Waals surface area contributed by atoms with Crippen LogP contribution in [0.5, 0.6) is 0 Å². The quantitative estimate of drug-likeness (QED) is 0.756. The molecule has 0 aliphatic carbocycles. The van der Waals surface area contributed by atoms with Gasteiger partial charge >= 0.3 is 6.18 Å². The molecule has 1 nitrogen and oxygen atoms in total. The van der Waals surface area contributed by atoms with Crippen LogP contribution in [0.25, 0.3) is 0 Å². The molecule has 0 aliphatic heterocycles. The summed E-state index contributed by atoms with van der Waals surface area (Å²) in [5.74, 6) is 0. The lowest BCUT2D eigenvalue weighted by atomic mass is 10.1. The summed E-state index contributed by atoms with van der Waals surface area (Å²) in [6, 6.07) is -0.351. The molecule has 0 aromatic carbocycles. The SMILES string of the molecule is Cc1cc([C@@H](N)C(F)(F)F)c(C)s1. The Balaban J connectivity index is 3.01. The van der Waals surface area contributed by atoms with Gasteiger partial charge in [-0.2, -0.15) is 13.2 Å². The molecule has 1 aromatic rings. The fourth-order valence-corrected chi connectivity index (χ4v) is 2.11. The van der Waals surface area contributed by atoms with Gasteiger partial charge in [-0.15, -0.1) is 11.3 Å². The van der Waals surface area contributed by atoms with Crippen LogP contribution in [0, 0.1) is 13.8 Å². The zero-order valence-electron chi connectivity index (χ0n) is 7.27. The van der Waals surface area contributed by atoms with Crippen molar-refractivity contribution in [1.82, 2.24) is 0 Å². The first-order valence-corrected chi connectivity index (χ1v) is 4.53. The van der Waals surface area contributed by atoms with Crippen LogP contribution in [0.3, 0.4) is 0 Å². The summed E-state index contributed by atoms with van der Waals surface area (Å²) in [5.41, 5.74) is 5.26. The second kappa shape index (κ2) is 3.31. The number of hydrogen-bond donors (Lipinski definition) is 1. The Morgan fingerprint density at radius 2 is 1.92 bits per heavy atom. The largest absolute Gasteiger partial charge is 0.407 e. The molecule has 5 heteroatoms. The lowest BCUT2D eigenvalue weighted by Gasteiger charge is -2.14. The molecular formula is C8H10F3NS. The van der Waals surface area contributed by atoms with Crippen molar-refractivity contribution in [2.45, 2.75) is 26.1 Å². The Morgan fingerprint density at radius 1 is 1.38 bits per heavy atom. The molecule has 1 rings (SSSR count). The van der Waals surface area contributed by atoms with Gasteiger partial charge in [-0.25, -0.2) is 0 Å². The molecule has 0 amide bonds. The summed E-state index contributed by atoms with van der Waals surface area (Å²) in [5, 5.41) is 0. The molecule has 0 aliphatic rings. The summed E-state index contributed by atoms with van der Waals surface area (Å²) in [7, 11) is 0. The number of hydrogen-bond acceptors (Lipinski definition) is 2. The van der Waals surface area contributed by atoms with Crippen molar-refractivity contribution >= 4 is 11.3 Å². The van der Waals surface area contributed by atoms with Crippen LogP contribution in [0.2, 0.25) is 0 Å². The zero-order valence-corrected chi connectivity index (χ0v) is 8.09. The predicted molar refractivity (Wildman–Crippen MR) is 46.8 cm³/mol. The van der Waals surface area contributed by atoms with Crippen LogP contribution in [-0.2, 0) is 0 Å². The lowest BCUT2D eigenvalue weighted by Crippen LogP contribution is -2.28. The molecule has 0 radical (unpaired) electrons. The predicted octanol–water partition coefficient (Wildman–Crippen LogP) is 2.93. The topological polar surface area (TPSA) is 26.0 Å². The van der Waals surface area contributed by atoms with E-state index < -0.39 is 12.2 Å². The molecule has 0 spiro atoms.